The molecule has 64 valence electrons. The molecule has 1 aliphatic heterocycles. The predicted octanol–water partition coefficient (Wildman–Crippen LogP) is 1.44. The molecule has 2 nitrogen and oxygen atoms in total. The fourth-order valence-electron chi connectivity index (χ4n) is 1.43. The number of halogens is 1. The van der Waals surface area contributed by atoms with Gasteiger partial charge in [0, 0.05) is 6.54 Å². The molecule has 0 amide bonds. The maximum atomic E-state index is 6.09. The van der Waals surface area contributed by atoms with Gasteiger partial charge in [-0.3, -0.25) is 5.43 Å². The molecule has 0 bridgehead atoms. The van der Waals surface area contributed by atoms with Crippen LogP contribution in [-0.2, 0) is 0 Å². The summed E-state index contributed by atoms with van der Waals surface area (Å²) in [4.78, 5) is 0. The second-order valence-electron chi connectivity index (χ2n) is 2.93. The minimum Gasteiger partial charge on any atom is -0.256 e. The van der Waals surface area contributed by atoms with Crippen molar-refractivity contribution in [2.75, 3.05) is 6.54 Å². The van der Waals surface area contributed by atoms with Crippen molar-refractivity contribution in [1.29, 1.82) is 0 Å². The molecule has 1 fully saturated rings. The lowest BCUT2D eigenvalue weighted by Gasteiger charge is -2.12. The highest BCUT2D eigenvalue weighted by Crippen LogP contribution is 2.22. The van der Waals surface area contributed by atoms with Crippen molar-refractivity contribution >= 4 is 11.6 Å². The van der Waals surface area contributed by atoms with Crippen molar-refractivity contribution < 1.29 is 0 Å². The van der Waals surface area contributed by atoms with Gasteiger partial charge in [-0.25, -0.2) is 5.43 Å². The van der Waals surface area contributed by atoms with Crippen LogP contribution in [0.15, 0.2) is 30.3 Å². The number of rotatable bonds is 1. The van der Waals surface area contributed by atoms with E-state index in [4.69, 9.17) is 11.6 Å². The van der Waals surface area contributed by atoms with Gasteiger partial charge in [0.25, 0.3) is 0 Å². The summed E-state index contributed by atoms with van der Waals surface area (Å²) < 4.78 is 0. The van der Waals surface area contributed by atoms with Crippen LogP contribution in [0, 0.1) is 0 Å². The van der Waals surface area contributed by atoms with E-state index in [-0.39, 0.29) is 11.4 Å². The molecular formula is C9H11ClN2. The van der Waals surface area contributed by atoms with Crippen molar-refractivity contribution in [3.63, 3.8) is 0 Å². The Morgan fingerprint density at radius 3 is 2.58 bits per heavy atom. The Bertz CT molecular complexity index is 250. The molecule has 1 heterocycles. The van der Waals surface area contributed by atoms with Gasteiger partial charge in [0.15, 0.2) is 0 Å². The minimum absolute atomic E-state index is 0.146. The number of hydrogen-bond donors (Lipinski definition) is 2. The third-order valence-corrected chi connectivity index (χ3v) is 2.48. The fraction of sp³-hybridized carbons (Fsp3) is 0.333. The molecule has 2 N–H and O–H groups in total. The van der Waals surface area contributed by atoms with E-state index in [1.807, 2.05) is 18.2 Å². The Kier molecular flexibility index (Phi) is 2.30. The van der Waals surface area contributed by atoms with Gasteiger partial charge >= 0.3 is 0 Å². The molecule has 1 aliphatic rings. The maximum absolute atomic E-state index is 6.09. The Balaban J connectivity index is 2.19. The van der Waals surface area contributed by atoms with Crippen LogP contribution >= 0.6 is 11.6 Å². The molecule has 0 saturated carbocycles. The van der Waals surface area contributed by atoms with Crippen LogP contribution in [0.25, 0.3) is 0 Å². The number of alkyl halides is 1. The van der Waals surface area contributed by atoms with Crippen LogP contribution in [0.4, 0.5) is 0 Å². The first-order valence-electron chi connectivity index (χ1n) is 4.05. The molecule has 1 saturated heterocycles. The third kappa shape index (κ3) is 1.46. The largest absolute Gasteiger partial charge is 0.256 e. The van der Waals surface area contributed by atoms with Gasteiger partial charge in [-0.2, -0.15) is 0 Å². The molecule has 2 atom stereocenters. The van der Waals surface area contributed by atoms with Gasteiger partial charge in [-0.1, -0.05) is 30.3 Å². The van der Waals surface area contributed by atoms with E-state index in [9.17, 15) is 0 Å². The fourth-order valence-corrected chi connectivity index (χ4v) is 1.71. The van der Waals surface area contributed by atoms with Gasteiger partial charge in [0.05, 0.1) is 11.4 Å². The summed E-state index contributed by atoms with van der Waals surface area (Å²) in [6, 6.07) is 10.5. The number of nitrogens with one attached hydrogen (secondary N) is 2. The van der Waals surface area contributed by atoms with E-state index < -0.39 is 0 Å². The molecular weight excluding hydrogens is 172 g/mol. The van der Waals surface area contributed by atoms with E-state index in [0.29, 0.717) is 0 Å². The van der Waals surface area contributed by atoms with E-state index >= 15 is 0 Å². The first kappa shape index (κ1) is 8.05. The van der Waals surface area contributed by atoms with E-state index in [2.05, 4.69) is 23.0 Å². The highest BCUT2D eigenvalue weighted by atomic mass is 35.5. The van der Waals surface area contributed by atoms with Gasteiger partial charge in [0.2, 0.25) is 0 Å². The minimum atomic E-state index is 0.146. The van der Waals surface area contributed by atoms with Gasteiger partial charge in [-0.05, 0) is 5.56 Å². The Hall–Kier alpha value is -0.570. The van der Waals surface area contributed by atoms with Crippen molar-refractivity contribution in [2.24, 2.45) is 0 Å². The lowest BCUT2D eigenvalue weighted by Crippen LogP contribution is -2.24. The summed E-state index contributed by atoms with van der Waals surface area (Å²) in [6.07, 6.45) is 0. The summed E-state index contributed by atoms with van der Waals surface area (Å²) in [5, 5.41) is 0.146. The maximum Gasteiger partial charge on any atom is 0.0682 e. The van der Waals surface area contributed by atoms with Gasteiger partial charge < -0.3 is 0 Å². The molecule has 1 aromatic rings. The zero-order chi connectivity index (χ0) is 8.39. The van der Waals surface area contributed by atoms with Crippen LogP contribution in [0.3, 0.4) is 0 Å². The summed E-state index contributed by atoms with van der Waals surface area (Å²) in [5.41, 5.74) is 7.42. The summed E-state index contributed by atoms with van der Waals surface area (Å²) in [6.45, 7) is 0.821. The second-order valence-corrected chi connectivity index (χ2v) is 3.49. The molecule has 0 radical (unpaired) electrons. The smallest absolute Gasteiger partial charge is 0.0682 e. The average molecular weight is 183 g/mol. The number of benzene rings is 1. The highest BCUT2D eigenvalue weighted by Gasteiger charge is 2.25. The van der Waals surface area contributed by atoms with E-state index in [1.165, 1.54) is 5.56 Å². The molecule has 2 rings (SSSR count). The first-order valence-corrected chi connectivity index (χ1v) is 4.49. The third-order valence-electron chi connectivity index (χ3n) is 2.08. The second kappa shape index (κ2) is 3.44. The molecule has 0 aliphatic carbocycles. The molecule has 1 aromatic carbocycles. The standard InChI is InChI=1S/C9H11ClN2/c10-8-6-11-12-9(8)7-4-2-1-3-5-7/h1-5,8-9,11-12H,6H2. The zero-order valence-electron chi connectivity index (χ0n) is 6.63. The van der Waals surface area contributed by atoms with Crippen molar-refractivity contribution in [3.8, 4) is 0 Å². The van der Waals surface area contributed by atoms with Crippen molar-refractivity contribution in [3.05, 3.63) is 35.9 Å². The molecule has 0 aromatic heterocycles. The molecule has 12 heavy (non-hydrogen) atoms. The molecule has 3 heteroatoms. The summed E-state index contributed by atoms with van der Waals surface area (Å²) >= 11 is 6.09. The van der Waals surface area contributed by atoms with Crippen molar-refractivity contribution in [1.82, 2.24) is 10.9 Å². The van der Waals surface area contributed by atoms with Crippen LogP contribution in [-0.4, -0.2) is 11.9 Å². The quantitative estimate of drug-likeness (QED) is 0.643. The SMILES string of the molecule is ClC1CNNC1c1ccccc1. The number of hydrogen-bond acceptors (Lipinski definition) is 2. The zero-order valence-corrected chi connectivity index (χ0v) is 7.38. The lowest BCUT2D eigenvalue weighted by atomic mass is 10.1. The van der Waals surface area contributed by atoms with Gasteiger partial charge in [-0.15, -0.1) is 11.6 Å². The van der Waals surface area contributed by atoms with Gasteiger partial charge in [0.1, 0.15) is 0 Å². The Labute approximate surface area is 76.9 Å². The highest BCUT2D eigenvalue weighted by molar-refractivity contribution is 6.21. The normalized spacial score (nSPS) is 29.1. The van der Waals surface area contributed by atoms with Crippen LogP contribution in [0.1, 0.15) is 11.6 Å². The van der Waals surface area contributed by atoms with Crippen LogP contribution < -0.4 is 10.9 Å². The van der Waals surface area contributed by atoms with Crippen LogP contribution in [0.5, 0.6) is 0 Å². The van der Waals surface area contributed by atoms with E-state index in [1.54, 1.807) is 0 Å². The summed E-state index contributed by atoms with van der Waals surface area (Å²) in [5.74, 6) is 0. The monoisotopic (exact) mass is 182 g/mol. The lowest BCUT2D eigenvalue weighted by molar-refractivity contribution is 0.583. The molecule has 2 unspecified atom stereocenters. The first-order chi connectivity index (χ1) is 5.88. The Morgan fingerprint density at radius 1 is 1.25 bits per heavy atom. The summed E-state index contributed by atoms with van der Waals surface area (Å²) in [7, 11) is 0. The molecule has 0 spiro atoms. The van der Waals surface area contributed by atoms with Crippen LogP contribution in [0.2, 0.25) is 0 Å². The predicted molar refractivity (Wildman–Crippen MR) is 50.0 cm³/mol. The van der Waals surface area contributed by atoms with Crippen molar-refractivity contribution in [2.45, 2.75) is 11.4 Å². The number of hydrazine groups is 1. The topological polar surface area (TPSA) is 24.1 Å². The van der Waals surface area contributed by atoms with E-state index in [0.717, 1.165) is 6.54 Å². The Morgan fingerprint density at radius 2 is 2.00 bits per heavy atom. The average Bonchev–Trinajstić information content (AvgIpc) is 2.53.